The molecule has 0 saturated carbocycles. The van der Waals surface area contributed by atoms with E-state index >= 15 is 0 Å². The second-order valence-corrected chi connectivity index (χ2v) is 7.56. The van der Waals surface area contributed by atoms with Crippen LogP contribution in [0.4, 0.5) is 0 Å². The summed E-state index contributed by atoms with van der Waals surface area (Å²) in [5, 5.41) is 3.95. The Bertz CT molecular complexity index is 629. The molecule has 0 fully saturated rings. The number of hydrogen-bond acceptors (Lipinski definition) is 3. The second kappa shape index (κ2) is 7.00. The van der Waals surface area contributed by atoms with Crippen LogP contribution in [0.1, 0.15) is 40.1 Å². The van der Waals surface area contributed by atoms with Crippen LogP contribution < -0.4 is 5.32 Å². The van der Waals surface area contributed by atoms with Crippen molar-refractivity contribution in [2.24, 2.45) is 0 Å². The van der Waals surface area contributed by atoms with Crippen molar-refractivity contribution >= 4 is 55.8 Å². The Morgan fingerprint density at radius 3 is 2.95 bits per heavy atom. The smallest absolute Gasteiger partial charge is 0.252 e. The van der Waals surface area contributed by atoms with Crippen LogP contribution in [0.2, 0.25) is 0 Å². The van der Waals surface area contributed by atoms with Crippen LogP contribution in [0.25, 0.3) is 0 Å². The van der Waals surface area contributed by atoms with E-state index in [1.54, 1.807) is 11.3 Å². The molecule has 0 radical (unpaired) electrons. The van der Waals surface area contributed by atoms with Crippen LogP contribution in [-0.4, -0.2) is 10.9 Å². The number of carbonyl (C=O) groups excluding carboxylic acids is 1. The highest BCUT2D eigenvalue weighted by Crippen LogP contribution is 2.22. The molecule has 0 aliphatic heterocycles. The van der Waals surface area contributed by atoms with Crippen molar-refractivity contribution in [3.8, 4) is 0 Å². The van der Waals surface area contributed by atoms with E-state index in [4.69, 9.17) is 0 Å². The average Bonchev–Trinajstić information content (AvgIpc) is 2.90. The molecule has 0 aliphatic carbocycles. The maximum Gasteiger partial charge on any atom is 0.252 e. The van der Waals surface area contributed by atoms with Gasteiger partial charge in [-0.2, -0.15) is 0 Å². The lowest BCUT2D eigenvalue weighted by Crippen LogP contribution is -2.27. The highest BCUT2D eigenvalue weighted by atomic mass is 127. The van der Waals surface area contributed by atoms with Crippen molar-refractivity contribution in [1.82, 2.24) is 10.3 Å². The van der Waals surface area contributed by atoms with E-state index in [2.05, 4.69) is 55.7 Å². The minimum absolute atomic E-state index is 0.0727. The number of rotatable bonds is 4. The summed E-state index contributed by atoms with van der Waals surface area (Å²) in [7, 11) is 0. The van der Waals surface area contributed by atoms with Gasteiger partial charge in [-0.25, -0.2) is 4.98 Å². The van der Waals surface area contributed by atoms with Gasteiger partial charge >= 0.3 is 0 Å². The van der Waals surface area contributed by atoms with Crippen molar-refractivity contribution in [2.75, 3.05) is 0 Å². The van der Waals surface area contributed by atoms with Crippen molar-refractivity contribution in [3.63, 3.8) is 0 Å². The molecule has 0 bridgehead atoms. The van der Waals surface area contributed by atoms with Crippen LogP contribution in [0.3, 0.4) is 0 Å². The van der Waals surface area contributed by atoms with Gasteiger partial charge in [-0.1, -0.05) is 22.9 Å². The Kier molecular flexibility index (Phi) is 5.57. The van der Waals surface area contributed by atoms with Gasteiger partial charge in [0.2, 0.25) is 0 Å². The number of aromatic nitrogens is 1. The molecule has 1 aromatic carbocycles. The van der Waals surface area contributed by atoms with E-state index in [1.807, 2.05) is 31.3 Å². The van der Waals surface area contributed by atoms with Crippen LogP contribution in [0.5, 0.6) is 0 Å². The van der Waals surface area contributed by atoms with Gasteiger partial charge in [0.05, 0.1) is 11.6 Å². The number of nitrogens with one attached hydrogen (secondary N) is 1. The van der Waals surface area contributed by atoms with Gasteiger partial charge in [0, 0.05) is 19.1 Å². The molecule has 2 aromatic rings. The largest absolute Gasteiger partial charge is 0.343 e. The molecule has 1 unspecified atom stereocenters. The molecule has 0 saturated heterocycles. The van der Waals surface area contributed by atoms with Crippen molar-refractivity contribution in [2.45, 2.75) is 26.3 Å². The predicted molar refractivity (Wildman–Crippen MR) is 94.2 cm³/mol. The SMILES string of the molecule is CCc1cnc(C(C)NC(=O)c2cc(Br)ccc2I)s1. The summed E-state index contributed by atoms with van der Waals surface area (Å²) in [6, 6.07) is 5.60. The fourth-order valence-corrected chi connectivity index (χ4v) is 3.49. The predicted octanol–water partition coefficient (Wildman–Crippen LogP) is 4.56. The quantitative estimate of drug-likeness (QED) is 0.673. The molecule has 1 amide bonds. The maximum absolute atomic E-state index is 12.3. The van der Waals surface area contributed by atoms with Crippen LogP contribution >= 0.6 is 49.9 Å². The Morgan fingerprint density at radius 2 is 2.30 bits per heavy atom. The first-order valence-corrected chi connectivity index (χ1v) is 8.90. The first-order chi connectivity index (χ1) is 9.51. The van der Waals surface area contributed by atoms with Crippen LogP contribution in [-0.2, 0) is 6.42 Å². The molecule has 0 spiro atoms. The van der Waals surface area contributed by atoms with Crippen molar-refractivity contribution in [3.05, 3.63) is 47.9 Å². The van der Waals surface area contributed by atoms with E-state index < -0.39 is 0 Å². The molecule has 20 heavy (non-hydrogen) atoms. The third kappa shape index (κ3) is 3.79. The number of amides is 1. The lowest BCUT2D eigenvalue weighted by molar-refractivity contribution is 0.0939. The summed E-state index contributed by atoms with van der Waals surface area (Å²) in [6.07, 6.45) is 2.85. The van der Waals surface area contributed by atoms with Gasteiger partial charge in [-0.3, -0.25) is 4.79 Å². The lowest BCUT2D eigenvalue weighted by Gasteiger charge is -2.12. The first-order valence-electron chi connectivity index (χ1n) is 6.21. The number of aryl methyl sites for hydroxylation is 1. The Morgan fingerprint density at radius 1 is 1.55 bits per heavy atom. The molecular formula is C14H14BrIN2OS. The Hall–Kier alpha value is -0.470. The normalized spacial score (nSPS) is 12.2. The van der Waals surface area contributed by atoms with Gasteiger partial charge in [-0.15, -0.1) is 11.3 Å². The van der Waals surface area contributed by atoms with Gasteiger partial charge < -0.3 is 5.32 Å². The van der Waals surface area contributed by atoms with E-state index in [-0.39, 0.29) is 11.9 Å². The second-order valence-electron chi connectivity index (χ2n) is 4.34. The third-order valence-electron chi connectivity index (χ3n) is 2.81. The Labute approximate surface area is 144 Å². The topological polar surface area (TPSA) is 42.0 Å². The summed E-state index contributed by atoms with van der Waals surface area (Å²) in [5.41, 5.74) is 0.680. The first kappa shape index (κ1) is 15.9. The Balaban J connectivity index is 2.12. The molecule has 0 aliphatic rings. The summed E-state index contributed by atoms with van der Waals surface area (Å²) in [6.45, 7) is 4.06. The summed E-state index contributed by atoms with van der Waals surface area (Å²) in [4.78, 5) is 17.9. The van der Waals surface area contributed by atoms with E-state index in [1.165, 1.54) is 4.88 Å². The number of thiazole rings is 1. The number of hydrogen-bond donors (Lipinski definition) is 1. The molecular weight excluding hydrogens is 451 g/mol. The molecule has 3 nitrogen and oxygen atoms in total. The van der Waals surface area contributed by atoms with Gasteiger partial charge in [0.25, 0.3) is 5.91 Å². The summed E-state index contributed by atoms with van der Waals surface area (Å²) < 4.78 is 1.84. The molecule has 6 heteroatoms. The summed E-state index contributed by atoms with van der Waals surface area (Å²) >= 11 is 7.21. The number of carbonyl (C=O) groups is 1. The van der Waals surface area contributed by atoms with Gasteiger partial charge in [0.15, 0.2) is 0 Å². The minimum atomic E-state index is -0.0809. The zero-order chi connectivity index (χ0) is 14.7. The third-order valence-corrected chi connectivity index (χ3v) is 5.57. The van der Waals surface area contributed by atoms with Gasteiger partial charge in [0.1, 0.15) is 5.01 Å². The fraction of sp³-hybridized carbons (Fsp3) is 0.286. The van der Waals surface area contributed by atoms with Crippen LogP contribution in [0.15, 0.2) is 28.9 Å². The molecule has 1 atom stereocenters. The average molecular weight is 465 g/mol. The highest BCUT2D eigenvalue weighted by Gasteiger charge is 2.16. The molecule has 106 valence electrons. The van der Waals surface area contributed by atoms with E-state index in [0.717, 1.165) is 19.5 Å². The van der Waals surface area contributed by atoms with E-state index in [9.17, 15) is 4.79 Å². The monoisotopic (exact) mass is 464 g/mol. The standard InChI is InChI=1S/C14H14BrIN2OS/c1-3-10-7-17-14(20-10)8(2)18-13(19)11-6-9(15)4-5-12(11)16/h4-8H,3H2,1-2H3,(H,18,19). The molecule has 1 heterocycles. The molecule has 1 aromatic heterocycles. The zero-order valence-corrected chi connectivity index (χ0v) is 15.7. The lowest BCUT2D eigenvalue weighted by atomic mass is 10.2. The van der Waals surface area contributed by atoms with Crippen molar-refractivity contribution < 1.29 is 4.79 Å². The highest BCUT2D eigenvalue weighted by molar-refractivity contribution is 14.1. The molecule has 2 rings (SSSR count). The van der Waals surface area contributed by atoms with E-state index in [0.29, 0.717) is 5.56 Å². The zero-order valence-electron chi connectivity index (χ0n) is 11.1. The molecule has 1 N–H and O–H groups in total. The van der Waals surface area contributed by atoms with Gasteiger partial charge in [-0.05, 0) is 54.1 Å². The van der Waals surface area contributed by atoms with Crippen molar-refractivity contribution in [1.29, 1.82) is 0 Å². The number of benzene rings is 1. The fourth-order valence-electron chi connectivity index (χ4n) is 1.69. The maximum atomic E-state index is 12.3. The van der Waals surface area contributed by atoms with Crippen LogP contribution in [0, 0.1) is 3.57 Å². The summed E-state index contributed by atoms with van der Waals surface area (Å²) in [5.74, 6) is -0.0727. The number of halogens is 2. The number of nitrogens with zero attached hydrogens (tertiary/aromatic N) is 1. The minimum Gasteiger partial charge on any atom is -0.343 e.